The number of alkyl halides is 3. The van der Waals surface area contributed by atoms with Crippen molar-refractivity contribution in [2.75, 3.05) is 5.73 Å². The van der Waals surface area contributed by atoms with Gasteiger partial charge in [0.2, 0.25) is 0 Å². The van der Waals surface area contributed by atoms with Crippen molar-refractivity contribution in [3.05, 3.63) is 29.1 Å². The van der Waals surface area contributed by atoms with Crippen molar-refractivity contribution in [2.45, 2.75) is 12.6 Å². The second-order valence-electron chi connectivity index (χ2n) is 3.06. The van der Waals surface area contributed by atoms with Gasteiger partial charge >= 0.3 is 12.1 Å². The van der Waals surface area contributed by atoms with Crippen LogP contribution in [0, 0.1) is 5.82 Å². The van der Waals surface area contributed by atoms with Crippen molar-refractivity contribution < 1.29 is 27.5 Å². The van der Waals surface area contributed by atoms with Crippen molar-refractivity contribution in [3.63, 3.8) is 0 Å². The molecule has 1 rings (SSSR count). The standard InChI is InChI=1S/C9H7F4NO2/c10-5-1-2-6(14)8(9(11,12)13)4(5)3-7(15)16/h1-2H,3,14H2,(H,15,16). The van der Waals surface area contributed by atoms with E-state index in [4.69, 9.17) is 10.8 Å². The third-order valence-corrected chi connectivity index (χ3v) is 1.90. The lowest BCUT2D eigenvalue weighted by Gasteiger charge is -2.14. The van der Waals surface area contributed by atoms with Crippen LogP contribution in [0.1, 0.15) is 11.1 Å². The highest BCUT2D eigenvalue weighted by Gasteiger charge is 2.37. The van der Waals surface area contributed by atoms with Gasteiger partial charge in [-0.05, 0) is 12.1 Å². The summed E-state index contributed by atoms with van der Waals surface area (Å²) in [5, 5.41) is 8.40. The van der Waals surface area contributed by atoms with Crippen molar-refractivity contribution in [2.24, 2.45) is 0 Å². The van der Waals surface area contributed by atoms with Crippen LogP contribution in [0.4, 0.5) is 23.2 Å². The molecular formula is C9H7F4NO2. The van der Waals surface area contributed by atoms with Crippen molar-refractivity contribution >= 4 is 11.7 Å². The maximum Gasteiger partial charge on any atom is 0.418 e. The molecule has 0 bridgehead atoms. The van der Waals surface area contributed by atoms with E-state index >= 15 is 0 Å². The van der Waals surface area contributed by atoms with Crippen molar-refractivity contribution in [1.82, 2.24) is 0 Å². The first-order valence-electron chi connectivity index (χ1n) is 4.09. The summed E-state index contributed by atoms with van der Waals surface area (Å²) in [6.45, 7) is 0. The minimum atomic E-state index is -4.88. The van der Waals surface area contributed by atoms with Crippen LogP contribution in [-0.2, 0) is 17.4 Å². The van der Waals surface area contributed by atoms with E-state index in [1.807, 2.05) is 0 Å². The Labute approximate surface area is 87.5 Å². The normalized spacial score (nSPS) is 11.5. The Bertz CT molecular complexity index is 428. The smallest absolute Gasteiger partial charge is 0.418 e. The van der Waals surface area contributed by atoms with Gasteiger partial charge in [-0.25, -0.2) is 4.39 Å². The average Bonchev–Trinajstić information content (AvgIpc) is 2.08. The molecule has 0 atom stereocenters. The Morgan fingerprint density at radius 2 is 1.94 bits per heavy atom. The number of nitrogens with two attached hydrogens (primary N) is 1. The number of carboxylic acid groups (broad SMARTS) is 1. The van der Waals surface area contributed by atoms with Gasteiger partial charge in [0.15, 0.2) is 0 Å². The SMILES string of the molecule is Nc1ccc(F)c(CC(=O)O)c1C(F)(F)F. The van der Waals surface area contributed by atoms with Gasteiger partial charge in [-0.15, -0.1) is 0 Å². The van der Waals surface area contributed by atoms with E-state index in [0.29, 0.717) is 6.07 Å². The zero-order valence-electron chi connectivity index (χ0n) is 7.81. The third kappa shape index (κ3) is 2.41. The molecule has 0 amide bonds. The minimum absolute atomic E-state index is 0.690. The lowest BCUT2D eigenvalue weighted by atomic mass is 10.0. The van der Waals surface area contributed by atoms with Gasteiger partial charge in [0.05, 0.1) is 12.0 Å². The number of aliphatic carboxylic acids is 1. The largest absolute Gasteiger partial charge is 0.481 e. The van der Waals surface area contributed by atoms with E-state index in [0.717, 1.165) is 6.07 Å². The highest BCUT2D eigenvalue weighted by Crippen LogP contribution is 2.37. The van der Waals surface area contributed by atoms with Crippen molar-refractivity contribution in [1.29, 1.82) is 0 Å². The van der Waals surface area contributed by atoms with Crippen LogP contribution in [0.25, 0.3) is 0 Å². The zero-order valence-corrected chi connectivity index (χ0v) is 7.81. The fourth-order valence-corrected chi connectivity index (χ4v) is 1.30. The van der Waals surface area contributed by atoms with Crippen molar-refractivity contribution in [3.8, 4) is 0 Å². The average molecular weight is 237 g/mol. The molecule has 1 aromatic rings. The highest BCUT2D eigenvalue weighted by atomic mass is 19.4. The molecule has 88 valence electrons. The predicted molar refractivity (Wildman–Crippen MR) is 47.2 cm³/mol. The number of nitrogen functional groups attached to an aromatic ring is 1. The molecule has 0 fully saturated rings. The minimum Gasteiger partial charge on any atom is -0.481 e. The third-order valence-electron chi connectivity index (χ3n) is 1.90. The Hall–Kier alpha value is -1.79. The number of rotatable bonds is 2. The van der Waals surface area contributed by atoms with Crippen LogP contribution >= 0.6 is 0 Å². The van der Waals surface area contributed by atoms with Crippen LogP contribution in [-0.4, -0.2) is 11.1 Å². The Kier molecular flexibility index (Phi) is 3.06. The monoisotopic (exact) mass is 237 g/mol. The van der Waals surface area contributed by atoms with E-state index in [9.17, 15) is 22.4 Å². The molecular weight excluding hydrogens is 230 g/mol. The fourth-order valence-electron chi connectivity index (χ4n) is 1.30. The lowest BCUT2D eigenvalue weighted by molar-refractivity contribution is -0.139. The summed E-state index contributed by atoms with van der Waals surface area (Å²) in [6.07, 6.45) is -5.94. The van der Waals surface area contributed by atoms with Crippen LogP contribution < -0.4 is 5.73 Å². The zero-order chi connectivity index (χ0) is 12.5. The number of halogens is 4. The van der Waals surface area contributed by atoms with Crippen LogP contribution in [0.15, 0.2) is 12.1 Å². The molecule has 0 aromatic heterocycles. The molecule has 0 unspecified atom stereocenters. The molecule has 1 aromatic carbocycles. The van der Waals surface area contributed by atoms with Crippen LogP contribution in [0.2, 0.25) is 0 Å². The summed E-state index contributed by atoms with van der Waals surface area (Å²) in [7, 11) is 0. The second kappa shape index (κ2) is 3.99. The maximum absolute atomic E-state index is 13.1. The molecule has 3 nitrogen and oxygen atoms in total. The Morgan fingerprint density at radius 3 is 2.38 bits per heavy atom. The van der Waals surface area contributed by atoms with E-state index in [1.165, 1.54) is 0 Å². The van der Waals surface area contributed by atoms with E-state index < -0.39 is 41.2 Å². The predicted octanol–water partition coefficient (Wildman–Crippen LogP) is 2.05. The first kappa shape index (κ1) is 12.3. The molecule has 0 aliphatic rings. The number of hydrogen-bond donors (Lipinski definition) is 2. The maximum atomic E-state index is 13.1. The van der Waals surface area contributed by atoms with Crippen LogP contribution in [0.5, 0.6) is 0 Å². The molecule has 7 heteroatoms. The molecule has 0 heterocycles. The first-order chi connectivity index (χ1) is 7.23. The van der Waals surface area contributed by atoms with E-state index in [1.54, 1.807) is 0 Å². The summed E-state index contributed by atoms with van der Waals surface area (Å²) in [4.78, 5) is 10.3. The second-order valence-corrected chi connectivity index (χ2v) is 3.06. The van der Waals surface area contributed by atoms with Gasteiger partial charge in [0.1, 0.15) is 5.82 Å². The van der Waals surface area contributed by atoms with Crippen LogP contribution in [0.3, 0.4) is 0 Å². The number of hydrogen-bond acceptors (Lipinski definition) is 2. The summed E-state index contributed by atoms with van der Waals surface area (Å²) < 4.78 is 50.6. The van der Waals surface area contributed by atoms with E-state index in [2.05, 4.69) is 0 Å². The van der Waals surface area contributed by atoms with Gasteiger partial charge in [-0.3, -0.25) is 4.79 Å². The number of benzene rings is 1. The molecule has 0 saturated carbocycles. The van der Waals surface area contributed by atoms with Gasteiger partial charge < -0.3 is 10.8 Å². The van der Waals surface area contributed by atoms with Gasteiger partial charge in [-0.1, -0.05) is 0 Å². The van der Waals surface area contributed by atoms with Gasteiger partial charge in [-0.2, -0.15) is 13.2 Å². The molecule has 0 spiro atoms. The number of carbonyl (C=O) groups is 1. The Morgan fingerprint density at radius 1 is 1.38 bits per heavy atom. The quantitative estimate of drug-likeness (QED) is 0.611. The number of carboxylic acids is 1. The molecule has 0 aliphatic heterocycles. The fraction of sp³-hybridized carbons (Fsp3) is 0.222. The lowest BCUT2D eigenvalue weighted by Crippen LogP contribution is -2.16. The van der Waals surface area contributed by atoms with Gasteiger partial charge in [0, 0.05) is 11.3 Å². The van der Waals surface area contributed by atoms with Gasteiger partial charge in [0.25, 0.3) is 0 Å². The highest BCUT2D eigenvalue weighted by molar-refractivity contribution is 5.72. The molecule has 16 heavy (non-hydrogen) atoms. The first-order valence-corrected chi connectivity index (χ1v) is 4.09. The Balaban J connectivity index is 3.43. The summed E-state index contributed by atoms with van der Waals surface area (Å²) in [5.41, 5.74) is 2.02. The molecule has 3 N–H and O–H groups in total. The molecule has 0 radical (unpaired) electrons. The summed E-state index contributed by atoms with van der Waals surface area (Å²) in [5.74, 6) is -2.79. The van der Waals surface area contributed by atoms with E-state index in [-0.39, 0.29) is 0 Å². The summed E-state index contributed by atoms with van der Waals surface area (Å²) >= 11 is 0. The topological polar surface area (TPSA) is 63.3 Å². The number of anilines is 1. The summed E-state index contributed by atoms with van der Waals surface area (Å²) in [6, 6.07) is 1.46. The molecule has 0 saturated heterocycles. The molecule has 0 aliphatic carbocycles.